The molecule has 0 aliphatic rings. The summed E-state index contributed by atoms with van der Waals surface area (Å²) in [6.45, 7) is 6.55. The summed E-state index contributed by atoms with van der Waals surface area (Å²) in [5.41, 5.74) is 1.30. The summed E-state index contributed by atoms with van der Waals surface area (Å²) in [5, 5.41) is 3.05. The third-order valence-electron chi connectivity index (χ3n) is 2.40. The molecule has 0 radical (unpaired) electrons. The molecular formula is C12H19N5O2. The van der Waals surface area contributed by atoms with Gasteiger partial charge in [-0.1, -0.05) is 6.92 Å². The van der Waals surface area contributed by atoms with Gasteiger partial charge in [-0.3, -0.25) is 0 Å². The Labute approximate surface area is 111 Å². The molecule has 19 heavy (non-hydrogen) atoms. The van der Waals surface area contributed by atoms with Crippen LogP contribution in [0.1, 0.15) is 20.3 Å². The predicted octanol–water partition coefficient (Wildman–Crippen LogP) is 1.59. The lowest BCUT2D eigenvalue weighted by atomic mass is 10.5. The van der Waals surface area contributed by atoms with Gasteiger partial charge in [0.25, 0.3) is 0 Å². The first-order valence-electron chi connectivity index (χ1n) is 6.50. The molecule has 2 rings (SSSR count). The van der Waals surface area contributed by atoms with Gasteiger partial charge in [0.15, 0.2) is 5.65 Å². The van der Waals surface area contributed by atoms with Crippen molar-refractivity contribution in [3.8, 4) is 5.88 Å². The van der Waals surface area contributed by atoms with Gasteiger partial charge >= 0.3 is 0 Å². The average molecular weight is 265 g/mol. The Bertz CT molecular complexity index is 514. The highest BCUT2D eigenvalue weighted by atomic mass is 16.5. The molecule has 0 aliphatic carbocycles. The summed E-state index contributed by atoms with van der Waals surface area (Å²) in [5.74, 6) is 1.02. The van der Waals surface area contributed by atoms with Gasteiger partial charge in [0.2, 0.25) is 11.8 Å². The number of hydrogen-bond donors (Lipinski definition) is 2. The molecular weight excluding hydrogens is 246 g/mol. The normalized spacial score (nSPS) is 10.8. The molecule has 0 atom stereocenters. The van der Waals surface area contributed by atoms with Crippen LogP contribution in [0.15, 0.2) is 6.33 Å². The zero-order chi connectivity index (χ0) is 13.5. The van der Waals surface area contributed by atoms with E-state index in [4.69, 9.17) is 9.47 Å². The monoisotopic (exact) mass is 265 g/mol. The van der Waals surface area contributed by atoms with E-state index in [1.807, 2.05) is 6.92 Å². The van der Waals surface area contributed by atoms with E-state index < -0.39 is 0 Å². The van der Waals surface area contributed by atoms with Gasteiger partial charge in [0.1, 0.15) is 12.1 Å². The summed E-state index contributed by atoms with van der Waals surface area (Å²) in [6, 6.07) is 0. The van der Waals surface area contributed by atoms with Crippen LogP contribution in [0, 0.1) is 0 Å². The maximum atomic E-state index is 5.62. The fourth-order valence-corrected chi connectivity index (χ4v) is 1.59. The number of rotatable bonds is 8. The van der Waals surface area contributed by atoms with E-state index in [0.717, 1.165) is 19.6 Å². The summed E-state index contributed by atoms with van der Waals surface area (Å²) in [4.78, 5) is 15.7. The van der Waals surface area contributed by atoms with E-state index in [-0.39, 0.29) is 0 Å². The number of hydrogen-bond acceptors (Lipinski definition) is 6. The molecule has 0 saturated heterocycles. The Morgan fingerprint density at radius 2 is 2.11 bits per heavy atom. The lowest BCUT2D eigenvalue weighted by Crippen LogP contribution is -2.10. The maximum Gasteiger partial charge on any atom is 0.245 e. The highest BCUT2D eigenvalue weighted by Gasteiger charge is 2.10. The van der Waals surface area contributed by atoms with Crippen molar-refractivity contribution < 1.29 is 9.47 Å². The van der Waals surface area contributed by atoms with Crippen molar-refractivity contribution in [3.05, 3.63) is 6.33 Å². The number of H-pyrrole nitrogens is 1. The first-order chi connectivity index (χ1) is 9.35. The smallest absolute Gasteiger partial charge is 0.245 e. The molecule has 2 aromatic heterocycles. The molecule has 2 heterocycles. The number of aromatic amines is 1. The fourth-order valence-electron chi connectivity index (χ4n) is 1.59. The highest BCUT2D eigenvalue weighted by Crippen LogP contribution is 2.20. The number of fused-ring (bicyclic) bond motifs is 1. The SMILES string of the molecule is CCCOCCOc1nc(NCC)nc2nc[nH]c12. The molecule has 0 spiro atoms. The summed E-state index contributed by atoms with van der Waals surface area (Å²) in [6.07, 6.45) is 2.58. The summed E-state index contributed by atoms with van der Waals surface area (Å²) < 4.78 is 11.0. The van der Waals surface area contributed by atoms with E-state index in [0.29, 0.717) is 36.2 Å². The van der Waals surface area contributed by atoms with E-state index >= 15 is 0 Å². The Morgan fingerprint density at radius 3 is 2.89 bits per heavy atom. The topological polar surface area (TPSA) is 84.9 Å². The minimum absolute atomic E-state index is 0.455. The van der Waals surface area contributed by atoms with Crippen LogP contribution in [0.4, 0.5) is 5.95 Å². The van der Waals surface area contributed by atoms with Gasteiger partial charge in [-0.2, -0.15) is 9.97 Å². The first kappa shape index (κ1) is 13.5. The molecule has 7 heteroatoms. The summed E-state index contributed by atoms with van der Waals surface area (Å²) in [7, 11) is 0. The Balaban J connectivity index is 2.04. The molecule has 2 N–H and O–H groups in total. The second-order valence-corrected chi connectivity index (χ2v) is 3.94. The lowest BCUT2D eigenvalue weighted by molar-refractivity contribution is 0.0995. The van der Waals surface area contributed by atoms with E-state index in [1.165, 1.54) is 0 Å². The number of anilines is 1. The minimum atomic E-state index is 0.455. The minimum Gasteiger partial charge on any atom is -0.474 e. The predicted molar refractivity (Wildman–Crippen MR) is 72.5 cm³/mol. The molecule has 104 valence electrons. The second-order valence-electron chi connectivity index (χ2n) is 3.94. The molecule has 0 amide bonds. The Hall–Kier alpha value is -1.89. The van der Waals surface area contributed by atoms with Gasteiger partial charge in [-0.15, -0.1) is 0 Å². The molecule has 0 fully saturated rings. The van der Waals surface area contributed by atoms with E-state index in [9.17, 15) is 0 Å². The Kier molecular flexibility index (Phi) is 4.91. The van der Waals surface area contributed by atoms with Crippen molar-refractivity contribution in [1.82, 2.24) is 19.9 Å². The number of imidazole rings is 1. The second kappa shape index (κ2) is 6.89. The quantitative estimate of drug-likeness (QED) is 0.705. The third-order valence-corrected chi connectivity index (χ3v) is 2.40. The zero-order valence-corrected chi connectivity index (χ0v) is 11.3. The van der Waals surface area contributed by atoms with Crippen LogP contribution in [0.2, 0.25) is 0 Å². The largest absolute Gasteiger partial charge is 0.474 e. The number of nitrogens with one attached hydrogen (secondary N) is 2. The van der Waals surface area contributed by atoms with Crippen LogP contribution >= 0.6 is 0 Å². The van der Waals surface area contributed by atoms with Crippen molar-refractivity contribution in [2.45, 2.75) is 20.3 Å². The Morgan fingerprint density at radius 1 is 1.21 bits per heavy atom. The highest BCUT2D eigenvalue weighted by molar-refractivity contribution is 5.76. The molecule has 7 nitrogen and oxygen atoms in total. The van der Waals surface area contributed by atoms with Crippen LogP contribution in [0.3, 0.4) is 0 Å². The molecule has 0 bridgehead atoms. The molecule has 0 unspecified atom stereocenters. The van der Waals surface area contributed by atoms with Gasteiger partial charge in [-0.25, -0.2) is 4.98 Å². The van der Waals surface area contributed by atoms with Crippen molar-refractivity contribution in [1.29, 1.82) is 0 Å². The lowest BCUT2D eigenvalue weighted by Gasteiger charge is -2.08. The standard InChI is InChI=1S/C12H19N5O2/c1-3-5-18-6-7-19-11-9-10(15-8-14-9)16-12(17-11)13-4-2/h8H,3-7H2,1-2H3,(H2,13,14,15,16,17). The van der Waals surface area contributed by atoms with Gasteiger partial charge < -0.3 is 19.8 Å². The van der Waals surface area contributed by atoms with Gasteiger partial charge in [0.05, 0.1) is 12.9 Å². The maximum absolute atomic E-state index is 5.62. The van der Waals surface area contributed by atoms with E-state index in [2.05, 4.69) is 32.2 Å². The third kappa shape index (κ3) is 3.54. The number of nitrogens with zero attached hydrogens (tertiary/aromatic N) is 3. The van der Waals surface area contributed by atoms with Crippen LogP contribution in [-0.4, -0.2) is 46.3 Å². The van der Waals surface area contributed by atoms with Gasteiger partial charge in [0, 0.05) is 13.2 Å². The van der Waals surface area contributed by atoms with Crippen molar-refractivity contribution >= 4 is 17.1 Å². The molecule has 0 saturated carbocycles. The van der Waals surface area contributed by atoms with E-state index in [1.54, 1.807) is 6.33 Å². The first-order valence-corrected chi connectivity index (χ1v) is 6.50. The van der Waals surface area contributed by atoms with Crippen LogP contribution < -0.4 is 10.1 Å². The van der Waals surface area contributed by atoms with Crippen LogP contribution in [0.25, 0.3) is 11.2 Å². The number of aromatic nitrogens is 4. The fraction of sp³-hybridized carbons (Fsp3) is 0.583. The van der Waals surface area contributed by atoms with Crippen molar-refractivity contribution in [3.63, 3.8) is 0 Å². The zero-order valence-electron chi connectivity index (χ0n) is 11.3. The van der Waals surface area contributed by atoms with Crippen molar-refractivity contribution in [2.75, 3.05) is 31.7 Å². The molecule has 0 aliphatic heterocycles. The van der Waals surface area contributed by atoms with Crippen LogP contribution in [0.5, 0.6) is 5.88 Å². The van der Waals surface area contributed by atoms with Gasteiger partial charge in [-0.05, 0) is 13.3 Å². The summed E-state index contributed by atoms with van der Waals surface area (Å²) >= 11 is 0. The van der Waals surface area contributed by atoms with Crippen molar-refractivity contribution in [2.24, 2.45) is 0 Å². The average Bonchev–Trinajstić information content (AvgIpc) is 2.87. The molecule has 2 aromatic rings. The number of ether oxygens (including phenoxy) is 2. The molecule has 0 aromatic carbocycles. The van der Waals surface area contributed by atoms with Crippen LogP contribution in [-0.2, 0) is 4.74 Å².